The van der Waals surface area contributed by atoms with Gasteiger partial charge in [0.25, 0.3) is 5.91 Å². The van der Waals surface area contributed by atoms with Crippen LogP contribution < -0.4 is 0 Å². The van der Waals surface area contributed by atoms with Crippen LogP contribution in [0.5, 0.6) is 0 Å². The third-order valence-electron chi connectivity index (χ3n) is 4.35. The molecule has 1 N–H and O–H groups in total. The van der Waals surface area contributed by atoms with E-state index >= 15 is 0 Å². The lowest BCUT2D eigenvalue weighted by Crippen LogP contribution is -2.49. The molecule has 0 unspecified atom stereocenters. The third-order valence-corrected chi connectivity index (χ3v) is 4.59. The summed E-state index contributed by atoms with van der Waals surface area (Å²) in [5.41, 5.74) is 0.886. The Labute approximate surface area is 143 Å². The first kappa shape index (κ1) is 16.4. The Bertz CT molecular complexity index is 776. The van der Waals surface area contributed by atoms with Crippen LogP contribution in [0.2, 0.25) is 5.02 Å². The highest BCUT2D eigenvalue weighted by Gasteiger charge is 2.36. The van der Waals surface area contributed by atoms with Crippen LogP contribution in [0, 0.1) is 5.92 Å². The van der Waals surface area contributed by atoms with Crippen molar-refractivity contribution in [1.82, 2.24) is 19.9 Å². The maximum atomic E-state index is 12.7. The fourth-order valence-electron chi connectivity index (χ4n) is 3.01. The molecule has 8 heteroatoms. The quantitative estimate of drug-likeness (QED) is 0.919. The van der Waals surface area contributed by atoms with Crippen molar-refractivity contribution in [3.8, 4) is 5.69 Å². The smallest absolute Gasteiger partial charge is 0.308 e. The average Bonchev–Trinajstić information content (AvgIpc) is 3.04. The van der Waals surface area contributed by atoms with Gasteiger partial charge in [0, 0.05) is 17.6 Å². The monoisotopic (exact) mass is 348 g/mol. The van der Waals surface area contributed by atoms with E-state index in [4.69, 9.17) is 11.6 Å². The summed E-state index contributed by atoms with van der Waals surface area (Å²) in [6, 6.07) is 6.67. The van der Waals surface area contributed by atoms with Gasteiger partial charge < -0.3 is 10.0 Å². The molecule has 1 amide bonds. The molecule has 0 aliphatic carbocycles. The topological polar surface area (TPSA) is 88.3 Å². The molecule has 1 aromatic carbocycles. The van der Waals surface area contributed by atoms with Crippen molar-refractivity contribution in [1.29, 1.82) is 0 Å². The van der Waals surface area contributed by atoms with Gasteiger partial charge in [0.1, 0.15) is 0 Å². The molecule has 0 spiro atoms. The average molecular weight is 349 g/mol. The molecule has 1 aliphatic rings. The molecular formula is C16H17ClN4O3. The Kier molecular flexibility index (Phi) is 4.53. The maximum absolute atomic E-state index is 12.7. The van der Waals surface area contributed by atoms with Crippen LogP contribution in [-0.2, 0) is 4.79 Å². The molecule has 1 aliphatic heterocycles. The molecule has 2 aromatic rings. The second-order valence-electron chi connectivity index (χ2n) is 5.85. The fourth-order valence-corrected chi connectivity index (χ4v) is 3.20. The van der Waals surface area contributed by atoms with Gasteiger partial charge in [-0.2, -0.15) is 0 Å². The van der Waals surface area contributed by atoms with Gasteiger partial charge in [-0.05, 0) is 38.0 Å². The van der Waals surface area contributed by atoms with Gasteiger partial charge in [0.15, 0.2) is 5.69 Å². The largest absolute Gasteiger partial charge is 0.481 e. The van der Waals surface area contributed by atoms with E-state index in [1.807, 2.05) is 0 Å². The Morgan fingerprint density at radius 1 is 1.38 bits per heavy atom. The predicted octanol–water partition coefficient (Wildman–Crippen LogP) is 2.25. The molecule has 1 saturated heterocycles. The highest BCUT2D eigenvalue weighted by molar-refractivity contribution is 6.30. The Morgan fingerprint density at radius 3 is 2.88 bits per heavy atom. The summed E-state index contributed by atoms with van der Waals surface area (Å²) in [5, 5.41) is 17.7. The number of benzene rings is 1. The molecule has 0 radical (unpaired) electrons. The molecule has 2 heterocycles. The van der Waals surface area contributed by atoms with Gasteiger partial charge >= 0.3 is 5.97 Å². The number of hydrogen-bond acceptors (Lipinski definition) is 4. The highest BCUT2D eigenvalue weighted by Crippen LogP contribution is 2.25. The van der Waals surface area contributed by atoms with Crippen LogP contribution in [0.25, 0.3) is 5.69 Å². The number of carboxylic acid groups (broad SMARTS) is 1. The van der Waals surface area contributed by atoms with Crippen LogP contribution in [-0.4, -0.2) is 49.5 Å². The van der Waals surface area contributed by atoms with Crippen molar-refractivity contribution < 1.29 is 14.7 Å². The summed E-state index contributed by atoms with van der Waals surface area (Å²) in [7, 11) is 0. The number of carboxylic acids is 1. The first-order valence-corrected chi connectivity index (χ1v) is 8.07. The van der Waals surface area contributed by atoms with Crippen molar-refractivity contribution in [2.75, 3.05) is 6.54 Å². The first-order valence-electron chi connectivity index (χ1n) is 7.69. The fraction of sp³-hybridized carbons (Fsp3) is 0.375. The van der Waals surface area contributed by atoms with E-state index in [2.05, 4.69) is 10.3 Å². The molecule has 0 saturated carbocycles. The SMILES string of the molecule is C[C@@H]1[C@H](C(=O)O)CCCN1C(=O)c1cn(-c2cccc(Cl)c2)nn1. The number of carbonyl (C=O) groups is 2. The van der Waals surface area contributed by atoms with E-state index in [1.165, 1.54) is 10.9 Å². The number of halogens is 1. The third kappa shape index (κ3) is 3.12. The summed E-state index contributed by atoms with van der Waals surface area (Å²) in [4.78, 5) is 25.6. The summed E-state index contributed by atoms with van der Waals surface area (Å²) in [6.07, 6.45) is 2.77. The standard InChI is InChI=1S/C16H17ClN4O3/c1-10-13(16(23)24)6-3-7-20(10)15(22)14-9-21(19-18-14)12-5-2-4-11(17)8-12/h2,4-5,8-10,13H,3,6-7H2,1H3,(H,23,24)/t10-,13-/m1/s1. The lowest BCUT2D eigenvalue weighted by atomic mass is 9.90. The summed E-state index contributed by atoms with van der Waals surface area (Å²) < 4.78 is 1.47. The van der Waals surface area contributed by atoms with Gasteiger partial charge in [0.2, 0.25) is 0 Å². The molecule has 0 bridgehead atoms. The van der Waals surface area contributed by atoms with Crippen LogP contribution in [0.3, 0.4) is 0 Å². The summed E-state index contributed by atoms with van der Waals surface area (Å²) in [6.45, 7) is 2.28. The number of aromatic nitrogens is 3. The molecular weight excluding hydrogens is 332 g/mol. The first-order chi connectivity index (χ1) is 11.5. The van der Waals surface area contributed by atoms with Crippen molar-refractivity contribution >= 4 is 23.5 Å². The van der Waals surface area contributed by atoms with Crippen LogP contribution in [0.1, 0.15) is 30.3 Å². The van der Waals surface area contributed by atoms with Gasteiger partial charge in [-0.25, -0.2) is 4.68 Å². The molecule has 7 nitrogen and oxygen atoms in total. The second-order valence-corrected chi connectivity index (χ2v) is 6.29. The number of rotatable bonds is 3. The van der Waals surface area contributed by atoms with Gasteiger partial charge in [-0.15, -0.1) is 5.10 Å². The zero-order valence-electron chi connectivity index (χ0n) is 13.1. The minimum atomic E-state index is -0.873. The number of aliphatic carboxylic acids is 1. The van der Waals surface area contributed by atoms with E-state index in [0.717, 1.165) is 0 Å². The number of likely N-dealkylation sites (tertiary alicyclic amines) is 1. The number of hydrogen-bond donors (Lipinski definition) is 1. The van der Waals surface area contributed by atoms with Gasteiger partial charge in [0.05, 0.1) is 17.8 Å². The van der Waals surface area contributed by atoms with Crippen molar-refractivity contribution in [2.24, 2.45) is 5.92 Å². The van der Waals surface area contributed by atoms with Crippen LogP contribution >= 0.6 is 11.6 Å². The van der Waals surface area contributed by atoms with Gasteiger partial charge in [-0.1, -0.05) is 22.9 Å². The Morgan fingerprint density at radius 2 is 2.17 bits per heavy atom. The number of piperidine rings is 1. The van der Waals surface area contributed by atoms with Crippen molar-refractivity contribution in [2.45, 2.75) is 25.8 Å². The molecule has 1 fully saturated rings. The lowest BCUT2D eigenvalue weighted by molar-refractivity contribution is -0.144. The van der Waals surface area contributed by atoms with Gasteiger partial charge in [-0.3, -0.25) is 9.59 Å². The van der Waals surface area contributed by atoms with Crippen molar-refractivity contribution in [3.05, 3.63) is 41.2 Å². The second kappa shape index (κ2) is 6.60. The Balaban J connectivity index is 1.82. The predicted molar refractivity (Wildman–Crippen MR) is 87.2 cm³/mol. The zero-order valence-corrected chi connectivity index (χ0v) is 13.8. The Hall–Kier alpha value is -2.41. The summed E-state index contributed by atoms with van der Waals surface area (Å²) >= 11 is 5.96. The minimum Gasteiger partial charge on any atom is -0.481 e. The van der Waals surface area contributed by atoms with E-state index in [-0.39, 0.29) is 17.6 Å². The minimum absolute atomic E-state index is 0.188. The van der Waals surface area contributed by atoms with E-state index in [0.29, 0.717) is 30.1 Å². The molecule has 3 rings (SSSR count). The molecule has 2 atom stereocenters. The van der Waals surface area contributed by atoms with E-state index < -0.39 is 11.9 Å². The van der Waals surface area contributed by atoms with E-state index in [9.17, 15) is 14.7 Å². The number of carbonyl (C=O) groups excluding carboxylic acids is 1. The summed E-state index contributed by atoms with van der Waals surface area (Å²) in [5.74, 6) is -1.73. The highest BCUT2D eigenvalue weighted by atomic mass is 35.5. The zero-order chi connectivity index (χ0) is 17.3. The number of amides is 1. The van der Waals surface area contributed by atoms with Crippen molar-refractivity contribution in [3.63, 3.8) is 0 Å². The number of nitrogens with zero attached hydrogens (tertiary/aromatic N) is 4. The molecule has 1 aromatic heterocycles. The lowest BCUT2D eigenvalue weighted by Gasteiger charge is -2.36. The molecule has 24 heavy (non-hydrogen) atoms. The van der Waals surface area contributed by atoms with Crippen LogP contribution in [0.15, 0.2) is 30.5 Å². The van der Waals surface area contributed by atoms with E-state index in [1.54, 1.807) is 36.1 Å². The molecule has 126 valence electrons. The normalized spacial score (nSPS) is 20.8. The van der Waals surface area contributed by atoms with Crippen LogP contribution in [0.4, 0.5) is 0 Å². The maximum Gasteiger partial charge on any atom is 0.308 e.